The molecule has 0 amide bonds. The van der Waals surface area contributed by atoms with E-state index in [1.807, 2.05) is 84.9 Å². The van der Waals surface area contributed by atoms with E-state index in [0.29, 0.717) is 17.7 Å². The van der Waals surface area contributed by atoms with Crippen molar-refractivity contribution in [2.75, 3.05) is 0 Å². The van der Waals surface area contributed by atoms with Gasteiger partial charge in [0.1, 0.15) is 0 Å². The third-order valence-corrected chi connectivity index (χ3v) is 7.86. The molecular formula is C24H16O3Se. The van der Waals surface area contributed by atoms with E-state index < -0.39 is 11.4 Å². The van der Waals surface area contributed by atoms with Gasteiger partial charge < -0.3 is 0 Å². The SMILES string of the molecule is O=C1OC(c2ccccc2)=C([Se]c2ccccc2)[C@]12Cc1ccccc1C2=O. The van der Waals surface area contributed by atoms with Gasteiger partial charge >= 0.3 is 169 Å². The Morgan fingerprint density at radius 3 is 2.14 bits per heavy atom. The second kappa shape index (κ2) is 6.59. The number of carbonyl (C=O) groups is 2. The van der Waals surface area contributed by atoms with Crippen molar-refractivity contribution < 1.29 is 14.3 Å². The van der Waals surface area contributed by atoms with E-state index in [0.717, 1.165) is 20.1 Å². The van der Waals surface area contributed by atoms with Crippen LogP contribution in [0.1, 0.15) is 21.5 Å². The summed E-state index contributed by atoms with van der Waals surface area (Å²) in [7, 11) is 0. The number of benzene rings is 3. The number of carbonyl (C=O) groups excluding carboxylic acids is 2. The molecule has 0 fully saturated rings. The summed E-state index contributed by atoms with van der Waals surface area (Å²) in [6, 6.07) is 27.1. The predicted molar refractivity (Wildman–Crippen MR) is 108 cm³/mol. The van der Waals surface area contributed by atoms with E-state index >= 15 is 0 Å². The van der Waals surface area contributed by atoms with Gasteiger partial charge in [0, 0.05) is 0 Å². The van der Waals surface area contributed by atoms with Gasteiger partial charge in [-0.2, -0.15) is 0 Å². The van der Waals surface area contributed by atoms with Gasteiger partial charge in [0.05, 0.1) is 0 Å². The molecule has 4 heteroatoms. The first-order valence-corrected chi connectivity index (χ1v) is 10.8. The molecule has 2 aliphatic rings. The Balaban J connectivity index is 1.71. The van der Waals surface area contributed by atoms with Gasteiger partial charge in [0.15, 0.2) is 0 Å². The first-order chi connectivity index (χ1) is 13.7. The van der Waals surface area contributed by atoms with Crippen LogP contribution in [0.5, 0.6) is 0 Å². The van der Waals surface area contributed by atoms with E-state index in [4.69, 9.17) is 4.74 Å². The minimum atomic E-state index is -1.23. The summed E-state index contributed by atoms with van der Waals surface area (Å²) in [4.78, 5) is 26.7. The number of ether oxygens (including phenoxy) is 1. The van der Waals surface area contributed by atoms with Crippen LogP contribution in [0.25, 0.3) is 5.76 Å². The number of fused-ring (bicyclic) bond motifs is 1. The third kappa shape index (κ3) is 2.50. The van der Waals surface area contributed by atoms with Crippen molar-refractivity contribution in [2.24, 2.45) is 5.41 Å². The van der Waals surface area contributed by atoms with Crippen LogP contribution < -0.4 is 4.46 Å². The summed E-state index contributed by atoms with van der Waals surface area (Å²) >= 11 is -0.212. The van der Waals surface area contributed by atoms with Crippen molar-refractivity contribution >= 4 is 36.9 Å². The van der Waals surface area contributed by atoms with Crippen LogP contribution in [0.4, 0.5) is 0 Å². The molecule has 28 heavy (non-hydrogen) atoms. The molecule has 1 heterocycles. The topological polar surface area (TPSA) is 43.4 Å². The van der Waals surface area contributed by atoms with Crippen LogP contribution in [0.2, 0.25) is 0 Å². The fourth-order valence-electron chi connectivity index (χ4n) is 3.87. The zero-order valence-electron chi connectivity index (χ0n) is 14.9. The number of cyclic esters (lactones) is 1. The van der Waals surface area contributed by atoms with Crippen LogP contribution >= 0.6 is 0 Å². The second-order valence-electron chi connectivity index (χ2n) is 6.90. The monoisotopic (exact) mass is 432 g/mol. The Morgan fingerprint density at radius 1 is 0.786 bits per heavy atom. The Morgan fingerprint density at radius 2 is 1.43 bits per heavy atom. The molecule has 1 aliphatic heterocycles. The van der Waals surface area contributed by atoms with Crippen LogP contribution in [0, 0.1) is 5.41 Å². The van der Waals surface area contributed by atoms with Crippen LogP contribution in [-0.4, -0.2) is 26.7 Å². The normalized spacial score (nSPS) is 20.6. The Hall–Kier alpha value is -2.94. The molecular weight excluding hydrogens is 415 g/mol. The molecule has 1 atom stereocenters. The molecule has 0 bridgehead atoms. The summed E-state index contributed by atoms with van der Waals surface area (Å²) in [5.41, 5.74) is 1.16. The second-order valence-corrected chi connectivity index (χ2v) is 9.17. The van der Waals surface area contributed by atoms with Gasteiger partial charge in [-0.05, 0) is 0 Å². The average Bonchev–Trinajstić information content (AvgIpc) is 3.19. The number of rotatable bonds is 3. The van der Waals surface area contributed by atoms with E-state index in [2.05, 4.69) is 0 Å². The average molecular weight is 431 g/mol. The molecule has 0 aromatic heterocycles. The van der Waals surface area contributed by atoms with E-state index in [1.165, 1.54) is 0 Å². The summed E-state index contributed by atoms with van der Waals surface area (Å²) < 4.78 is 7.74. The number of esters is 1. The summed E-state index contributed by atoms with van der Waals surface area (Å²) in [6.45, 7) is 0. The van der Waals surface area contributed by atoms with Crippen molar-refractivity contribution in [3.8, 4) is 0 Å². The van der Waals surface area contributed by atoms with E-state index in [-0.39, 0.29) is 20.7 Å². The first kappa shape index (κ1) is 17.2. The van der Waals surface area contributed by atoms with Crippen LogP contribution in [-0.2, 0) is 16.0 Å². The zero-order valence-corrected chi connectivity index (χ0v) is 16.6. The van der Waals surface area contributed by atoms with Gasteiger partial charge in [0.25, 0.3) is 0 Å². The van der Waals surface area contributed by atoms with Gasteiger partial charge in [-0.3, -0.25) is 0 Å². The minimum absolute atomic E-state index is 0.133. The Kier molecular flexibility index (Phi) is 4.04. The molecule has 0 radical (unpaired) electrons. The standard InChI is InChI=1S/C24H16O3Se/c25-21-19-14-8-7-11-17(19)15-24(21)22(28-18-12-5-2-6-13-18)20(27-23(24)26)16-9-3-1-4-10-16/h1-14H,15H2/t24-/m1/s1. The summed E-state index contributed by atoms with van der Waals surface area (Å²) in [5, 5.41) is 0. The predicted octanol–water partition coefficient (Wildman–Crippen LogP) is 3.37. The summed E-state index contributed by atoms with van der Waals surface area (Å²) in [6.07, 6.45) is 0.376. The van der Waals surface area contributed by atoms with Gasteiger partial charge in [0.2, 0.25) is 0 Å². The third-order valence-electron chi connectivity index (χ3n) is 5.24. The van der Waals surface area contributed by atoms with Crippen molar-refractivity contribution in [2.45, 2.75) is 6.42 Å². The maximum absolute atomic E-state index is 13.5. The number of hydrogen-bond donors (Lipinski definition) is 0. The fraction of sp³-hybridized carbons (Fsp3) is 0.0833. The molecule has 3 nitrogen and oxygen atoms in total. The van der Waals surface area contributed by atoms with Gasteiger partial charge in [-0.15, -0.1) is 0 Å². The molecule has 136 valence electrons. The quantitative estimate of drug-likeness (QED) is 0.363. The molecule has 3 aromatic rings. The molecule has 5 rings (SSSR count). The fourth-order valence-corrected chi connectivity index (χ4v) is 6.40. The number of hydrogen-bond acceptors (Lipinski definition) is 3. The molecule has 1 aliphatic carbocycles. The molecule has 0 saturated carbocycles. The first-order valence-electron chi connectivity index (χ1n) is 9.08. The molecule has 0 unspecified atom stereocenters. The van der Waals surface area contributed by atoms with Crippen LogP contribution in [0.15, 0.2) is 89.4 Å². The van der Waals surface area contributed by atoms with Crippen molar-refractivity contribution in [3.05, 3.63) is 106 Å². The summed E-state index contributed by atoms with van der Waals surface area (Å²) in [5.74, 6) is -0.0252. The van der Waals surface area contributed by atoms with Gasteiger partial charge in [-0.1, -0.05) is 0 Å². The number of ketones is 1. The Bertz CT molecular complexity index is 1120. The van der Waals surface area contributed by atoms with Crippen molar-refractivity contribution in [3.63, 3.8) is 0 Å². The molecule has 3 aromatic carbocycles. The number of Topliss-reactive ketones (excluding diaryl/α,β-unsaturated/α-hetero) is 1. The molecule has 0 saturated heterocycles. The van der Waals surface area contributed by atoms with E-state index in [9.17, 15) is 9.59 Å². The van der Waals surface area contributed by atoms with Gasteiger partial charge in [-0.25, -0.2) is 0 Å². The Labute approximate surface area is 169 Å². The van der Waals surface area contributed by atoms with Crippen molar-refractivity contribution in [1.29, 1.82) is 0 Å². The van der Waals surface area contributed by atoms with Crippen LogP contribution in [0.3, 0.4) is 0 Å². The zero-order chi connectivity index (χ0) is 19.1. The molecule has 1 spiro atoms. The maximum atomic E-state index is 13.5. The van der Waals surface area contributed by atoms with E-state index in [1.54, 1.807) is 0 Å². The molecule has 0 N–H and O–H groups in total. The van der Waals surface area contributed by atoms with Crippen molar-refractivity contribution in [1.82, 2.24) is 0 Å².